The predicted molar refractivity (Wildman–Crippen MR) is 131 cm³/mol. The summed E-state index contributed by atoms with van der Waals surface area (Å²) in [4.78, 5) is 9.53. The first-order valence-electron chi connectivity index (χ1n) is 10.9. The van der Waals surface area contributed by atoms with E-state index in [1.807, 2.05) is 6.07 Å². The minimum Gasteiger partial charge on any atom is -0.371 e. The van der Waals surface area contributed by atoms with Crippen LogP contribution in [0.2, 0.25) is 0 Å². The normalized spacial score (nSPS) is 18.8. The number of guanidine groups is 1. The monoisotopic (exact) mass is 517 g/mol. The van der Waals surface area contributed by atoms with Crippen LogP contribution in [0.5, 0.6) is 0 Å². The summed E-state index contributed by atoms with van der Waals surface area (Å²) in [5.74, 6) is 0.758. The van der Waals surface area contributed by atoms with Gasteiger partial charge >= 0.3 is 0 Å². The molecule has 2 N–H and O–H groups in total. The van der Waals surface area contributed by atoms with Gasteiger partial charge in [0.05, 0.1) is 6.54 Å². The van der Waals surface area contributed by atoms with Crippen molar-refractivity contribution in [1.29, 1.82) is 0 Å². The number of aliphatic imine (C=N–C) groups is 1. The maximum atomic E-state index is 13.5. The van der Waals surface area contributed by atoms with Crippen molar-refractivity contribution in [1.82, 2.24) is 15.5 Å². The third kappa shape index (κ3) is 7.59. The molecule has 7 heteroatoms. The predicted octanol–water partition coefficient (Wildman–Crippen LogP) is 3.84. The summed E-state index contributed by atoms with van der Waals surface area (Å²) in [6.45, 7) is 6.68. The van der Waals surface area contributed by atoms with Gasteiger partial charge in [-0.15, -0.1) is 24.0 Å². The van der Waals surface area contributed by atoms with Gasteiger partial charge in [0.15, 0.2) is 5.96 Å². The van der Waals surface area contributed by atoms with Crippen LogP contribution in [-0.4, -0.2) is 62.7 Å². The Morgan fingerprint density at radius 1 is 1.21 bits per heavy atom. The second-order valence-corrected chi connectivity index (χ2v) is 8.07. The molecular weight excluding hydrogens is 480 g/mol. The van der Waals surface area contributed by atoms with E-state index in [1.165, 1.54) is 31.7 Å². The Morgan fingerprint density at radius 2 is 1.93 bits per heavy atom. The zero-order valence-corrected chi connectivity index (χ0v) is 20.2. The number of nitrogens with one attached hydrogen (secondary N) is 2. The fourth-order valence-electron chi connectivity index (χ4n) is 4.32. The van der Waals surface area contributed by atoms with Crippen molar-refractivity contribution in [3.05, 3.63) is 30.1 Å². The van der Waals surface area contributed by atoms with Gasteiger partial charge in [-0.25, -0.2) is 4.39 Å². The Labute approximate surface area is 192 Å². The second kappa shape index (κ2) is 12.6. The minimum atomic E-state index is -0.165. The lowest BCUT2D eigenvalue weighted by Gasteiger charge is -2.34. The minimum absolute atomic E-state index is 0. The zero-order valence-electron chi connectivity index (χ0n) is 17.9. The maximum absolute atomic E-state index is 13.5. The molecule has 2 aliphatic rings. The number of likely N-dealkylation sites (N-methyl/N-ethyl adjacent to an activating group) is 1. The van der Waals surface area contributed by atoms with Crippen molar-refractivity contribution in [3.63, 3.8) is 0 Å². The van der Waals surface area contributed by atoms with Crippen molar-refractivity contribution < 1.29 is 4.39 Å². The van der Waals surface area contributed by atoms with Crippen molar-refractivity contribution in [2.24, 2.45) is 4.99 Å². The molecule has 0 radical (unpaired) electrons. The number of hydrogen-bond donors (Lipinski definition) is 2. The number of nitrogens with zero attached hydrogens (tertiary/aromatic N) is 3. The highest BCUT2D eigenvalue weighted by molar-refractivity contribution is 14.0. The first-order chi connectivity index (χ1) is 13.7. The van der Waals surface area contributed by atoms with E-state index in [9.17, 15) is 4.39 Å². The average Bonchev–Trinajstić information content (AvgIpc) is 3.23. The maximum Gasteiger partial charge on any atom is 0.191 e. The largest absolute Gasteiger partial charge is 0.371 e. The highest BCUT2D eigenvalue weighted by Crippen LogP contribution is 2.22. The van der Waals surface area contributed by atoms with Crippen LogP contribution in [0.1, 0.15) is 45.4 Å². The fourth-order valence-corrected chi connectivity index (χ4v) is 4.32. The van der Waals surface area contributed by atoms with Gasteiger partial charge in [0.25, 0.3) is 0 Å². The van der Waals surface area contributed by atoms with Gasteiger partial charge in [-0.1, -0.05) is 18.9 Å². The molecular formula is C22H37FIN5. The van der Waals surface area contributed by atoms with E-state index in [4.69, 9.17) is 4.99 Å². The summed E-state index contributed by atoms with van der Waals surface area (Å²) in [5, 5.41) is 6.98. The van der Waals surface area contributed by atoms with Crippen molar-refractivity contribution >= 4 is 35.6 Å². The van der Waals surface area contributed by atoms with E-state index in [1.54, 1.807) is 12.1 Å². The number of benzene rings is 1. The molecule has 1 aromatic carbocycles. The number of rotatable bonds is 7. The Balaban J connectivity index is 0.00000300. The smallest absolute Gasteiger partial charge is 0.191 e. The molecule has 1 aliphatic heterocycles. The summed E-state index contributed by atoms with van der Waals surface area (Å²) < 4.78 is 13.5. The SMILES string of the molecule is CCNC(=NCCN(C)C1CCCC1)NC1CCN(c2cccc(F)c2)CC1.I. The summed E-state index contributed by atoms with van der Waals surface area (Å²) in [6, 6.07) is 8.06. The number of hydrogen-bond acceptors (Lipinski definition) is 3. The van der Waals surface area contributed by atoms with Crippen LogP contribution in [0.3, 0.4) is 0 Å². The molecule has 1 heterocycles. The molecule has 1 saturated heterocycles. The van der Waals surface area contributed by atoms with Crippen LogP contribution in [-0.2, 0) is 0 Å². The molecule has 0 amide bonds. The molecule has 164 valence electrons. The van der Waals surface area contributed by atoms with Crippen molar-refractivity contribution in [2.75, 3.05) is 44.7 Å². The molecule has 0 atom stereocenters. The van der Waals surface area contributed by atoms with Crippen LogP contribution < -0.4 is 15.5 Å². The lowest BCUT2D eigenvalue weighted by molar-refractivity contribution is 0.252. The quantitative estimate of drug-likeness (QED) is 0.328. The molecule has 2 fully saturated rings. The number of piperidine rings is 1. The van der Waals surface area contributed by atoms with E-state index in [-0.39, 0.29) is 29.8 Å². The van der Waals surface area contributed by atoms with Gasteiger partial charge in [-0.2, -0.15) is 0 Å². The molecule has 0 spiro atoms. The molecule has 1 aromatic rings. The van der Waals surface area contributed by atoms with Gasteiger partial charge in [0, 0.05) is 44.0 Å². The van der Waals surface area contributed by atoms with E-state index in [0.717, 1.165) is 63.3 Å². The second-order valence-electron chi connectivity index (χ2n) is 8.07. The van der Waals surface area contributed by atoms with Crippen LogP contribution >= 0.6 is 24.0 Å². The Morgan fingerprint density at radius 3 is 2.59 bits per heavy atom. The van der Waals surface area contributed by atoms with Crippen LogP contribution in [0.4, 0.5) is 10.1 Å². The topological polar surface area (TPSA) is 42.9 Å². The lowest BCUT2D eigenvalue weighted by Crippen LogP contribution is -2.49. The molecule has 0 bridgehead atoms. The van der Waals surface area contributed by atoms with Crippen LogP contribution in [0.25, 0.3) is 0 Å². The van der Waals surface area contributed by atoms with E-state index in [2.05, 4.69) is 34.4 Å². The first-order valence-corrected chi connectivity index (χ1v) is 10.9. The third-order valence-electron chi connectivity index (χ3n) is 6.02. The number of halogens is 2. The van der Waals surface area contributed by atoms with Crippen molar-refractivity contribution in [3.8, 4) is 0 Å². The fraction of sp³-hybridized carbons (Fsp3) is 0.682. The third-order valence-corrected chi connectivity index (χ3v) is 6.02. The molecule has 0 aromatic heterocycles. The molecule has 29 heavy (non-hydrogen) atoms. The van der Waals surface area contributed by atoms with Crippen molar-refractivity contribution in [2.45, 2.75) is 57.5 Å². The van der Waals surface area contributed by atoms with Crippen LogP contribution in [0, 0.1) is 5.82 Å². The molecule has 1 saturated carbocycles. The Bertz CT molecular complexity index is 627. The highest BCUT2D eigenvalue weighted by Gasteiger charge is 2.21. The van der Waals surface area contributed by atoms with Gasteiger partial charge in [-0.05, 0) is 57.9 Å². The lowest BCUT2D eigenvalue weighted by atomic mass is 10.0. The van der Waals surface area contributed by atoms with Gasteiger partial charge in [0.2, 0.25) is 0 Å². The number of anilines is 1. The molecule has 0 unspecified atom stereocenters. The first kappa shape index (κ1) is 24.2. The molecule has 1 aliphatic carbocycles. The standard InChI is InChI=1S/C22H36FN5.HI/c1-3-24-22(25-13-16-27(2)20-8-4-5-9-20)26-19-11-14-28(15-12-19)21-10-6-7-18(23)17-21;/h6-7,10,17,19-20H,3-5,8-9,11-16H2,1-2H3,(H2,24,25,26);1H. The summed E-state index contributed by atoms with van der Waals surface area (Å²) >= 11 is 0. The Hall–Kier alpha value is -1.09. The van der Waals surface area contributed by atoms with E-state index < -0.39 is 0 Å². The summed E-state index contributed by atoms with van der Waals surface area (Å²) in [7, 11) is 2.23. The highest BCUT2D eigenvalue weighted by atomic mass is 127. The van der Waals surface area contributed by atoms with E-state index >= 15 is 0 Å². The average molecular weight is 517 g/mol. The summed E-state index contributed by atoms with van der Waals surface area (Å²) in [6.07, 6.45) is 7.48. The van der Waals surface area contributed by atoms with Crippen LogP contribution in [0.15, 0.2) is 29.3 Å². The van der Waals surface area contributed by atoms with Gasteiger partial charge < -0.3 is 20.4 Å². The van der Waals surface area contributed by atoms with Gasteiger partial charge in [0.1, 0.15) is 5.82 Å². The van der Waals surface area contributed by atoms with Gasteiger partial charge in [-0.3, -0.25) is 4.99 Å². The van der Waals surface area contributed by atoms with E-state index in [0.29, 0.717) is 6.04 Å². The zero-order chi connectivity index (χ0) is 19.8. The summed E-state index contributed by atoms with van der Waals surface area (Å²) in [5.41, 5.74) is 0.981. The molecule has 3 rings (SSSR count). The molecule has 5 nitrogen and oxygen atoms in total. The Kier molecular flexibility index (Phi) is 10.5.